The molecule has 0 unspecified atom stereocenters. The third-order valence-corrected chi connectivity index (χ3v) is 3.42. The molecule has 0 spiro atoms. The Kier molecular flexibility index (Phi) is 3.60. The van der Waals surface area contributed by atoms with Crippen LogP contribution in [0, 0.1) is 11.3 Å². The number of pyridine rings is 1. The first-order chi connectivity index (χ1) is 7.79. The lowest BCUT2D eigenvalue weighted by Gasteiger charge is -2.02. The molecule has 2 rings (SSSR count). The van der Waals surface area contributed by atoms with Crippen LogP contribution in [0.1, 0.15) is 5.56 Å². The summed E-state index contributed by atoms with van der Waals surface area (Å²) >= 11 is 4.83. The van der Waals surface area contributed by atoms with Crippen LogP contribution in [0.25, 0.3) is 0 Å². The van der Waals surface area contributed by atoms with Crippen molar-refractivity contribution in [2.24, 2.45) is 0 Å². The Morgan fingerprint density at radius 2 is 2.00 bits per heavy atom. The number of aromatic nitrogens is 1. The van der Waals surface area contributed by atoms with Crippen molar-refractivity contribution >= 4 is 27.7 Å². The molecule has 1 aromatic carbocycles. The number of hydrogen-bond donors (Lipinski definition) is 0. The van der Waals surface area contributed by atoms with E-state index in [0.29, 0.717) is 5.56 Å². The Bertz CT molecular complexity index is 531. The molecule has 0 fully saturated rings. The molecular weight excluding hydrogens is 284 g/mol. The molecule has 1 aromatic heterocycles. The fraction of sp³-hybridized carbons (Fsp3) is 0. The predicted molar refractivity (Wildman–Crippen MR) is 67.2 cm³/mol. The van der Waals surface area contributed by atoms with Gasteiger partial charge >= 0.3 is 0 Å². The molecule has 0 radical (unpaired) electrons. The standard InChI is InChI=1S/C12H7BrN2S/c13-10-5-6-12(15-8-10)16-11-4-2-1-3-9(11)7-14/h1-6,8H. The quantitative estimate of drug-likeness (QED) is 0.842. The van der Waals surface area contributed by atoms with Crippen molar-refractivity contribution in [3.63, 3.8) is 0 Å². The Hall–Kier alpha value is -1.31. The molecule has 2 aromatic rings. The lowest BCUT2D eigenvalue weighted by molar-refractivity contribution is 1.12. The van der Waals surface area contributed by atoms with Crippen LogP contribution in [0.15, 0.2) is 57.0 Å². The van der Waals surface area contributed by atoms with Crippen LogP contribution in [0.4, 0.5) is 0 Å². The zero-order valence-electron chi connectivity index (χ0n) is 8.22. The minimum absolute atomic E-state index is 0.678. The Morgan fingerprint density at radius 3 is 2.69 bits per heavy atom. The molecule has 4 heteroatoms. The summed E-state index contributed by atoms with van der Waals surface area (Å²) in [5, 5.41) is 9.83. The highest BCUT2D eigenvalue weighted by Gasteiger charge is 2.03. The summed E-state index contributed by atoms with van der Waals surface area (Å²) in [6.07, 6.45) is 1.75. The molecule has 0 aliphatic rings. The van der Waals surface area contributed by atoms with Crippen molar-refractivity contribution in [1.82, 2.24) is 4.98 Å². The Morgan fingerprint density at radius 1 is 1.19 bits per heavy atom. The molecular formula is C12H7BrN2S. The number of hydrogen-bond acceptors (Lipinski definition) is 3. The number of benzene rings is 1. The first-order valence-electron chi connectivity index (χ1n) is 4.58. The second kappa shape index (κ2) is 5.15. The van der Waals surface area contributed by atoms with Crippen LogP contribution in [-0.2, 0) is 0 Å². The van der Waals surface area contributed by atoms with E-state index < -0.39 is 0 Å². The maximum absolute atomic E-state index is 8.95. The fourth-order valence-corrected chi connectivity index (χ4v) is 2.25. The van der Waals surface area contributed by atoms with Gasteiger partial charge in [-0.2, -0.15) is 5.26 Å². The summed E-state index contributed by atoms with van der Waals surface area (Å²) in [6.45, 7) is 0. The van der Waals surface area contributed by atoms with Gasteiger partial charge in [0.15, 0.2) is 0 Å². The van der Waals surface area contributed by atoms with E-state index in [0.717, 1.165) is 14.4 Å². The summed E-state index contributed by atoms with van der Waals surface area (Å²) in [5.41, 5.74) is 0.678. The molecule has 0 bridgehead atoms. The zero-order valence-corrected chi connectivity index (χ0v) is 10.6. The monoisotopic (exact) mass is 290 g/mol. The Balaban J connectivity index is 2.27. The summed E-state index contributed by atoms with van der Waals surface area (Å²) < 4.78 is 0.949. The number of rotatable bonds is 2. The van der Waals surface area contributed by atoms with E-state index in [1.54, 1.807) is 12.3 Å². The van der Waals surface area contributed by atoms with Crippen LogP contribution < -0.4 is 0 Å². The third kappa shape index (κ3) is 2.63. The average molecular weight is 291 g/mol. The molecule has 1 heterocycles. The maximum Gasteiger partial charge on any atom is 0.101 e. The van der Waals surface area contributed by atoms with Crippen molar-refractivity contribution < 1.29 is 0 Å². The number of nitriles is 1. The van der Waals surface area contributed by atoms with Gasteiger partial charge in [0.1, 0.15) is 11.1 Å². The fourth-order valence-electron chi connectivity index (χ4n) is 1.18. The summed E-state index contributed by atoms with van der Waals surface area (Å²) in [5.74, 6) is 0. The van der Waals surface area contributed by atoms with E-state index in [1.807, 2.05) is 30.3 Å². The van der Waals surface area contributed by atoms with Gasteiger partial charge in [0.2, 0.25) is 0 Å². The van der Waals surface area contributed by atoms with Crippen LogP contribution in [-0.4, -0.2) is 4.98 Å². The van der Waals surface area contributed by atoms with Gasteiger partial charge in [-0.15, -0.1) is 0 Å². The van der Waals surface area contributed by atoms with Crippen LogP contribution in [0.2, 0.25) is 0 Å². The van der Waals surface area contributed by atoms with E-state index in [4.69, 9.17) is 5.26 Å². The second-order valence-electron chi connectivity index (χ2n) is 3.02. The van der Waals surface area contributed by atoms with E-state index in [-0.39, 0.29) is 0 Å². The van der Waals surface area contributed by atoms with Crippen molar-refractivity contribution in [2.45, 2.75) is 9.92 Å². The molecule has 0 saturated carbocycles. The SMILES string of the molecule is N#Cc1ccccc1Sc1ccc(Br)cn1. The predicted octanol–water partition coefficient (Wildman–Crippen LogP) is 3.87. The Labute approximate surface area is 106 Å². The summed E-state index contributed by atoms with van der Waals surface area (Å²) in [7, 11) is 0. The van der Waals surface area contributed by atoms with Crippen molar-refractivity contribution in [3.05, 3.63) is 52.6 Å². The van der Waals surface area contributed by atoms with Gasteiger partial charge in [-0.25, -0.2) is 4.98 Å². The summed E-state index contributed by atoms with van der Waals surface area (Å²) in [6, 6.07) is 13.5. The van der Waals surface area contributed by atoms with E-state index in [1.165, 1.54) is 11.8 Å². The second-order valence-corrected chi connectivity index (χ2v) is 5.00. The van der Waals surface area contributed by atoms with Gasteiger partial charge in [-0.1, -0.05) is 23.9 Å². The van der Waals surface area contributed by atoms with Gasteiger partial charge < -0.3 is 0 Å². The lowest BCUT2D eigenvalue weighted by Crippen LogP contribution is -1.82. The van der Waals surface area contributed by atoms with Crippen LogP contribution in [0.5, 0.6) is 0 Å². The van der Waals surface area contributed by atoms with E-state index >= 15 is 0 Å². The minimum Gasteiger partial charge on any atom is -0.248 e. The topological polar surface area (TPSA) is 36.7 Å². The first kappa shape index (κ1) is 11.2. The molecule has 0 aliphatic carbocycles. The highest BCUT2D eigenvalue weighted by Crippen LogP contribution is 2.28. The molecule has 78 valence electrons. The van der Waals surface area contributed by atoms with Crippen LogP contribution in [0.3, 0.4) is 0 Å². The van der Waals surface area contributed by atoms with Gasteiger partial charge in [-0.05, 0) is 40.2 Å². The van der Waals surface area contributed by atoms with E-state index in [9.17, 15) is 0 Å². The number of nitrogens with zero attached hydrogens (tertiary/aromatic N) is 2. The zero-order chi connectivity index (χ0) is 11.4. The molecule has 0 saturated heterocycles. The smallest absolute Gasteiger partial charge is 0.101 e. The largest absolute Gasteiger partial charge is 0.248 e. The normalized spacial score (nSPS) is 9.75. The van der Waals surface area contributed by atoms with Crippen molar-refractivity contribution in [2.75, 3.05) is 0 Å². The minimum atomic E-state index is 0.678. The molecule has 0 N–H and O–H groups in total. The average Bonchev–Trinajstić information content (AvgIpc) is 2.33. The van der Waals surface area contributed by atoms with Gasteiger partial charge in [-0.3, -0.25) is 0 Å². The van der Waals surface area contributed by atoms with Crippen LogP contribution >= 0.6 is 27.7 Å². The summed E-state index contributed by atoms with van der Waals surface area (Å²) in [4.78, 5) is 5.19. The molecule has 0 amide bonds. The van der Waals surface area contributed by atoms with Crippen molar-refractivity contribution in [1.29, 1.82) is 5.26 Å². The van der Waals surface area contributed by atoms with Crippen molar-refractivity contribution in [3.8, 4) is 6.07 Å². The highest BCUT2D eigenvalue weighted by molar-refractivity contribution is 9.10. The third-order valence-electron chi connectivity index (χ3n) is 1.92. The molecule has 0 aliphatic heterocycles. The van der Waals surface area contributed by atoms with Gasteiger partial charge in [0.25, 0.3) is 0 Å². The number of halogens is 1. The molecule has 0 atom stereocenters. The first-order valence-corrected chi connectivity index (χ1v) is 6.19. The van der Waals surface area contributed by atoms with Gasteiger partial charge in [0, 0.05) is 15.6 Å². The van der Waals surface area contributed by atoms with Gasteiger partial charge in [0.05, 0.1) is 5.56 Å². The van der Waals surface area contributed by atoms with E-state index in [2.05, 4.69) is 27.0 Å². The molecule has 16 heavy (non-hydrogen) atoms. The highest BCUT2D eigenvalue weighted by atomic mass is 79.9. The lowest BCUT2D eigenvalue weighted by atomic mass is 10.2. The maximum atomic E-state index is 8.95. The molecule has 2 nitrogen and oxygen atoms in total.